The van der Waals surface area contributed by atoms with E-state index in [1.54, 1.807) is 43.3 Å². The number of carbonyl (C=O) groups is 1. The van der Waals surface area contributed by atoms with Crippen LogP contribution in [-0.2, 0) is 11.4 Å². The third-order valence-electron chi connectivity index (χ3n) is 4.93. The first-order valence-electron chi connectivity index (χ1n) is 11.3. The maximum Gasteiger partial charge on any atom is 0.276 e. The minimum Gasteiger partial charge on any atom is -0.486 e. The first kappa shape index (κ1) is 25.7. The van der Waals surface area contributed by atoms with Gasteiger partial charge in [-0.2, -0.15) is 0 Å². The van der Waals surface area contributed by atoms with Crippen molar-refractivity contribution in [2.45, 2.75) is 33.6 Å². The van der Waals surface area contributed by atoms with Crippen molar-refractivity contribution in [2.75, 3.05) is 10.4 Å². The molecule has 0 aliphatic heterocycles. The molecule has 11 nitrogen and oxygen atoms in total. The molecule has 37 heavy (non-hydrogen) atoms. The number of hydrazine groups is 1. The SMILES string of the molecule is Cc1cc(N(Nc2cccc(OCc3ncc(Cl)cn3)c2)C(C)ONC(=O)c2cccnc2)nc(C)n1. The van der Waals surface area contributed by atoms with Crippen LogP contribution in [0.25, 0.3) is 0 Å². The van der Waals surface area contributed by atoms with Crippen molar-refractivity contribution in [3.8, 4) is 5.75 Å². The molecular weight excluding hydrogens is 496 g/mol. The zero-order chi connectivity index (χ0) is 26.2. The number of pyridine rings is 1. The van der Waals surface area contributed by atoms with Crippen LogP contribution in [0.2, 0.25) is 5.02 Å². The van der Waals surface area contributed by atoms with Gasteiger partial charge in [0, 0.05) is 42.6 Å². The molecule has 0 fully saturated rings. The molecule has 0 bridgehead atoms. The average Bonchev–Trinajstić information content (AvgIpc) is 2.90. The highest BCUT2D eigenvalue weighted by Gasteiger charge is 2.20. The minimum absolute atomic E-state index is 0.175. The van der Waals surface area contributed by atoms with E-state index < -0.39 is 12.1 Å². The number of ether oxygens (including phenoxy) is 1. The van der Waals surface area contributed by atoms with Crippen molar-refractivity contribution in [1.82, 2.24) is 30.4 Å². The molecule has 4 rings (SSSR count). The maximum atomic E-state index is 12.5. The molecule has 1 aromatic carbocycles. The molecule has 12 heteroatoms. The van der Waals surface area contributed by atoms with Gasteiger partial charge in [-0.1, -0.05) is 17.7 Å². The van der Waals surface area contributed by atoms with Gasteiger partial charge < -0.3 is 4.74 Å². The number of aromatic nitrogens is 5. The molecule has 1 amide bonds. The van der Waals surface area contributed by atoms with Gasteiger partial charge in [-0.3, -0.25) is 15.2 Å². The lowest BCUT2D eigenvalue weighted by molar-refractivity contribution is -0.00722. The standard InChI is InChI=1S/C25H25ClN8O3/c1-16-10-24(31-17(2)30-16)34(18(3)37-33-25(35)19-6-5-9-27-12-19)32-21-7-4-8-22(11-21)36-15-23-28-13-20(26)14-29-23/h4-14,18,32H,15H2,1-3H3,(H,33,35). The normalized spacial score (nSPS) is 11.5. The second kappa shape index (κ2) is 12.1. The van der Waals surface area contributed by atoms with E-state index in [0.717, 1.165) is 5.69 Å². The van der Waals surface area contributed by atoms with E-state index in [4.69, 9.17) is 21.2 Å². The summed E-state index contributed by atoms with van der Waals surface area (Å²) < 4.78 is 5.84. The van der Waals surface area contributed by atoms with Gasteiger partial charge in [-0.25, -0.2) is 35.3 Å². The Morgan fingerprint density at radius 1 is 1.08 bits per heavy atom. The topological polar surface area (TPSA) is 127 Å². The second-order valence-electron chi connectivity index (χ2n) is 7.92. The van der Waals surface area contributed by atoms with Gasteiger partial charge in [-0.05, 0) is 45.0 Å². The van der Waals surface area contributed by atoms with Crippen LogP contribution in [0.1, 0.15) is 34.6 Å². The van der Waals surface area contributed by atoms with Crippen LogP contribution < -0.4 is 20.7 Å². The number of nitrogens with one attached hydrogen (secondary N) is 2. The van der Waals surface area contributed by atoms with Crippen molar-refractivity contribution in [1.29, 1.82) is 0 Å². The molecule has 0 aliphatic rings. The van der Waals surface area contributed by atoms with E-state index in [0.29, 0.717) is 39.5 Å². The summed E-state index contributed by atoms with van der Waals surface area (Å²) in [5.74, 6) is 1.82. The van der Waals surface area contributed by atoms with Crippen LogP contribution in [-0.4, -0.2) is 37.1 Å². The number of carbonyl (C=O) groups excluding carboxylic acids is 1. The number of nitrogens with zero attached hydrogens (tertiary/aromatic N) is 6. The van der Waals surface area contributed by atoms with E-state index in [1.807, 2.05) is 31.2 Å². The fourth-order valence-corrected chi connectivity index (χ4v) is 3.36. The maximum absolute atomic E-state index is 12.5. The Hall–Kier alpha value is -4.35. The summed E-state index contributed by atoms with van der Waals surface area (Å²) in [7, 11) is 0. The Morgan fingerprint density at radius 2 is 1.89 bits per heavy atom. The van der Waals surface area contributed by atoms with Crippen LogP contribution >= 0.6 is 11.6 Å². The van der Waals surface area contributed by atoms with E-state index in [-0.39, 0.29) is 6.61 Å². The molecule has 0 spiro atoms. The third-order valence-corrected chi connectivity index (χ3v) is 5.13. The summed E-state index contributed by atoms with van der Waals surface area (Å²) in [4.78, 5) is 39.3. The van der Waals surface area contributed by atoms with Gasteiger partial charge in [-0.15, -0.1) is 0 Å². The Balaban J connectivity index is 1.49. The fraction of sp³-hybridized carbons (Fsp3) is 0.200. The smallest absolute Gasteiger partial charge is 0.276 e. The molecule has 4 aromatic rings. The lowest BCUT2D eigenvalue weighted by Gasteiger charge is -2.31. The number of benzene rings is 1. The van der Waals surface area contributed by atoms with Gasteiger partial charge in [0.1, 0.15) is 18.2 Å². The van der Waals surface area contributed by atoms with E-state index in [9.17, 15) is 4.79 Å². The van der Waals surface area contributed by atoms with Crippen LogP contribution in [0.4, 0.5) is 11.5 Å². The first-order chi connectivity index (χ1) is 17.9. The van der Waals surface area contributed by atoms with Crippen molar-refractivity contribution in [2.24, 2.45) is 0 Å². The van der Waals surface area contributed by atoms with Crippen molar-refractivity contribution in [3.05, 3.63) is 95.2 Å². The first-order valence-corrected chi connectivity index (χ1v) is 11.7. The number of halogens is 1. The number of anilines is 2. The minimum atomic E-state index is -0.679. The van der Waals surface area contributed by atoms with E-state index in [1.165, 1.54) is 18.6 Å². The lowest BCUT2D eigenvalue weighted by Crippen LogP contribution is -2.44. The Labute approximate surface area is 218 Å². The highest BCUT2D eigenvalue weighted by Crippen LogP contribution is 2.23. The molecular formula is C25H25ClN8O3. The van der Waals surface area contributed by atoms with Crippen molar-refractivity contribution in [3.63, 3.8) is 0 Å². The molecule has 1 atom stereocenters. The van der Waals surface area contributed by atoms with Crippen LogP contribution in [0.5, 0.6) is 5.75 Å². The number of hydroxylamine groups is 1. The van der Waals surface area contributed by atoms with Gasteiger partial charge in [0.15, 0.2) is 17.9 Å². The summed E-state index contributed by atoms with van der Waals surface area (Å²) in [6.07, 6.45) is 5.40. The quantitative estimate of drug-likeness (QED) is 0.233. The number of hydrogen-bond donors (Lipinski definition) is 2. The molecule has 3 heterocycles. The fourth-order valence-electron chi connectivity index (χ4n) is 3.26. The summed E-state index contributed by atoms with van der Waals surface area (Å²) in [6, 6.07) is 12.5. The van der Waals surface area contributed by atoms with E-state index >= 15 is 0 Å². The van der Waals surface area contributed by atoms with Crippen molar-refractivity contribution < 1.29 is 14.4 Å². The molecule has 3 aromatic heterocycles. The van der Waals surface area contributed by atoms with Crippen LogP contribution in [0.15, 0.2) is 67.3 Å². The van der Waals surface area contributed by atoms with Gasteiger partial charge in [0.2, 0.25) is 0 Å². The molecule has 190 valence electrons. The van der Waals surface area contributed by atoms with Gasteiger partial charge in [0.25, 0.3) is 5.91 Å². The van der Waals surface area contributed by atoms with Crippen LogP contribution in [0.3, 0.4) is 0 Å². The number of aryl methyl sites for hydroxylation is 2. The largest absolute Gasteiger partial charge is 0.486 e. The zero-order valence-corrected chi connectivity index (χ0v) is 21.2. The number of amides is 1. The Kier molecular flexibility index (Phi) is 8.39. The van der Waals surface area contributed by atoms with Crippen molar-refractivity contribution >= 4 is 29.0 Å². The summed E-state index contributed by atoms with van der Waals surface area (Å²) in [5, 5.41) is 2.13. The highest BCUT2D eigenvalue weighted by molar-refractivity contribution is 6.30. The van der Waals surface area contributed by atoms with Gasteiger partial charge in [0.05, 0.1) is 16.3 Å². The average molecular weight is 521 g/mol. The molecule has 0 saturated heterocycles. The summed E-state index contributed by atoms with van der Waals surface area (Å²) in [5.41, 5.74) is 7.59. The molecule has 2 N–H and O–H groups in total. The predicted molar refractivity (Wildman–Crippen MR) is 138 cm³/mol. The summed E-state index contributed by atoms with van der Waals surface area (Å²) in [6.45, 7) is 5.62. The predicted octanol–water partition coefficient (Wildman–Crippen LogP) is 4.05. The molecule has 0 radical (unpaired) electrons. The third kappa shape index (κ3) is 7.32. The molecule has 1 unspecified atom stereocenters. The monoisotopic (exact) mass is 520 g/mol. The van der Waals surface area contributed by atoms with Gasteiger partial charge >= 0.3 is 0 Å². The van der Waals surface area contributed by atoms with E-state index in [2.05, 4.69) is 35.8 Å². The molecule has 0 saturated carbocycles. The second-order valence-corrected chi connectivity index (χ2v) is 8.36. The molecule has 0 aliphatic carbocycles. The zero-order valence-electron chi connectivity index (χ0n) is 20.4. The Bertz CT molecular complexity index is 1320. The van der Waals surface area contributed by atoms with Crippen LogP contribution in [0, 0.1) is 13.8 Å². The lowest BCUT2D eigenvalue weighted by atomic mass is 10.3. The summed E-state index contributed by atoms with van der Waals surface area (Å²) >= 11 is 5.84. The highest BCUT2D eigenvalue weighted by atomic mass is 35.5. The Morgan fingerprint density at radius 3 is 2.62 bits per heavy atom. The number of rotatable bonds is 10. The number of hydrogen-bond acceptors (Lipinski definition) is 10.